The number of carbonyl (C=O) groups is 1. The first kappa shape index (κ1) is 16.0. The lowest BCUT2D eigenvalue weighted by molar-refractivity contribution is -0.136. The topological polar surface area (TPSA) is 72.5 Å². The summed E-state index contributed by atoms with van der Waals surface area (Å²) in [6.45, 7) is 0.983. The van der Waals surface area contributed by atoms with E-state index in [1.807, 2.05) is 24.3 Å². The number of nitrogens with two attached hydrogens (primary N) is 1. The highest BCUT2D eigenvalue weighted by Crippen LogP contribution is 2.25. The first-order valence-corrected chi connectivity index (χ1v) is 7.74. The van der Waals surface area contributed by atoms with Crippen LogP contribution < -0.4 is 5.73 Å². The molecular formula is C17H25NO3. The van der Waals surface area contributed by atoms with Crippen molar-refractivity contribution in [2.24, 2.45) is 5.73 Å². The average Bonchev–Trinajstić information content (AvgIpc) is 2.65. The lowest BCUT2D eigenvalue weighted by Gasteiger charge is -2.27. The van der Waals surface area contributed by atoms with Crippen LogP contribution in [0.2, 0.25) is 0 Å². The van der Waals surface area contributed by atoms with Crippen LogP contribution in [0.25, 0.3) is 0 Å². The summed E-state index contributed by atoms with van der Waals surface area (Å²) in [4.78, 5) is 10.9. The zero-order chi connectivity index (χ0) is 15.1. The molecule has 1 aliphatic carbocycles. The van der Waals surface area contributed by atoms with E-state index in [-0.39, 0.29) is 12.0 Å². The second kappa shape index (κ2) is 7.57. The summed E-state index contributed by atoms with van der Waals surface area (Å²) in [6, 6.07) is 7.54. The van der Waals surface area contributed by atoms with Gasteiger partial charge < -0.3 is 15.6 Å². The molecule has 0 aromatic heterocycles. The van der Waals surface area contributed by atoms with E-state index in [2.05, 4.69) is 0 Å². The van der Waals surface area contributed by atoms with Crippen LogP contribution in [0.4, 0.5) is 0 Å². The molecule has 4 heteroatoms. The van der Waals surface area contributed by atoms with Crippen molar-refractivity contribution in [2.45, 2.75) is 57.1 Å². The molecule has 0 radical (unpaired) electrons. The molecule has 3 N–H and O–H groups in total. The van der Waals surface area contributed by atoms with Crippen LogP contribution in [0, 0.1) is 0 Å². The molecule has 0 saturated heterocycles. The number of benzene rings is 1. The Morgan fingerprint density at radius 2 is 1.76 bits per heavy atom. The quantitative estimate of drug-likeness (QED) is 0.790. The third-order valence-corrected chi connectivity index (χ3v) is 4.21. The van der Waals surface area contributed by atoms with Crippen LogP contribution in [0.3, 0.4) is 0 Å². The minimum Gasteiger partial charge on any atom is -0.481 e. The second-order valence-electron chi connectivity index (χ2n) is 6.11. The van der Waals surface area contributed by atoms with Crippen LogP contribution >= 0.6 is 0 Å². The fourth-order valence-corrected chi connectivity index (χ4v) is 2.97. The van der Waals surface area contributed by atoms with Crippen molar-refractivity contribution in [2.75, 3.05) is 6.61 Å². The molecule has 0 amide bonds. The van der Waals surface area contributed by atoms with Gasteiger partial charge in [0.25, 0.3) is 0 Å². The third-order valence-electron chi connectivity index (χ3n) is 4.21. The van der Waals surface area contributed by atoms with Crippen LogP contribution in [0.5, 0.6) is 0 Å². The number of carboxylic acids is 1. The fraction of sp³-hybridized carbons (Fsp3) is 0.588. The van der Waals surface area contributed by atoms with E-state index in [9.17, 15) is 4.79 Å². The predicted molar refractivity (Wildman–Crippen MR) is 82.1 cm³/mol. The first-order chi connectivity index (χ1) is 10.1. The number of ether oxygens (including phenoxy) is 1. The van der Waals surface area contributed by atoms with E-state index in [0.29, 0.717) is 13.2 Å². The Morgan fingerprint density at radius 1 is 1.14 bits per heavy atom. The normalized spacial score (nSPS) is 18.1. The van der Waals surface area contributed by atoms with E-state index in [0.717, 1.165) is 24.0 Å². The van der Waals surface area contributed by atoms with Crippen molar-refractivity contribution in [1.29, 1.82) is 0 Å². The monoisotopic (exact) mass is 291 g/mol. The summed E-state index contributed by atoms with van der Waals surface area (Å²) in [6.07, 6.45) is 6.95. The highest BCUT2D eigenvalue weighted by Gasteiger charge is 2.26. The van der Waals surface area contributed by atoms with Gasteiger partial charge >= 0.3 is 5.97 Å². The molecule has 1 saturated carbocycles. The molecular weight excluding hydrogens is 266 g/mol. The Balaban J connectivity index is 1.89. The molecule has 0 spiro atoms. The van der Waals surface area contributed by atoms with Crippen molar-refractivity contribution in [3.05, 3.63) is 35.4 Å². The summed E-state index contributed by atoms with van der Waals surface area (Å²) in [7, 11) is 0. The molecule has 4 nitrogen and oxygen atoms in total. The van der Waals surface area contributed by atoms with Gasteiger partial charge in [0.05, 0.1) is 19.6 Å². The number of rotatable bonds is 6. The molecule has 116 valence electrons. The van der Waals surface area contributed by atoms with Crippen molar-refractivity contribution in [1.82, 2.24) is 0 Å². The van der Waals surface area contributed by atoms with E-state index in [1.54, 1.807) is 0 Å². The number of hydrogen-bond donors (Lipinski definition) is 2. The Morgan fingerprint density at radius 3 is 2.38 bits per heavy atom. The zero-order valence-corrected chi connectivity index (χ0v) is 12.5. The molecule has 1 aromatic carbocycles. The highest BCUT2D eigenvalue weighted by molar-refractivity contribution is 5.70. The van der Waals surface area contributed by atoms with Gasteiger partial charge in [0.1, 0.15) is 0 Å². The fourth-order valence-electron chi connectivity index (χ4n) is 2.97. The number of carboxylic acid groups (broad SMARTS) is 1. The van der Waals surface area contributed by atoms with Gasteiger partial charge in [-0.05, 0) is 24.0 Å². The maximum absolute atomic E-state index is 10.9. The Labute approximate surface area is 126 Å². The van der Waals surface area contributed by atoms with Crippen molar-refractivity contribution in [3.63, 3.8) is 0 Å². The van der Waals surface area contributed by atoms with Crippen molar-refractivity contribution in [3.8, 4) is 0 Å². The molecule has 1 aliphatic rings. The van der Waals surface area contributed by atoms with Crippen LogP contribution in [0.15, 0.2) is 24.3 Å². The largest absolute Gasteiger partial charge is 0.481 e. The third kappa shape index (κ3) is 5.14. The van der Waals surface area contributed by atoms with E-state index in [4.69, 9.17) is 15.6 Å². The summed E-state index contributed by atoms with van der Waals surface area (Å²) < 4.78 is 5.82. The van der Waals surface area contributed by atoms with Gasteiger partial charge in [0.2, 0.25) is 0 Å². The number of hydrogen-bond acceptors (Lipinski definition) is 3. The van der Waals surface area contributed by atoms with Gasteiger partial charge in [-0.1, -0.05) is 49.9 Å². The van der Waals surface area contributed by atoms with Crippen LogP contribution in [0.1, 0.15) is 49.7 Å². The molecule has 0 unspecified atom stereocenters. The molecule has 0 heterocycles. The molecule has 0 bridgehead atoms. The first-order valence-electron chi connectivity index (χ1n) is 7.74. The van der Waals surface area contributed by atoms with Crippen LogP contribution in [-0.2, 0) is 22.6 Å². The lowest BCUT2D eigenvalue weighted by atomic mass is 9.92. The molecule has 1 fully saturated rings. The summed E-state index contributed by atoms with van der Waals surface area (Å²) >= 11 is 0. The van der Waals surface area contributed by atoms with E-state index in [1.165, 1.54) is 25.7 Å². The summed E-state index contributed by atoms with van der Waals surface area (Å²) in [5, 5.41) is 8.93. The molecule has 0 atom stereocenters. The predicted octanol–water partition coefficient (Wildman–Crippen LogP) is 2.88. The lowest BCUT2D eigenvalue weighted by Crippen LogP contribution is -2.43. The standard InChI is InChI=1S/C17H25NO3/c18-17(9-5-1-2-6-10-17)13-21-12-15-8-4-3-7-14(15)11-16(19)20/h3-4,7-8H,1-2,5-6,9-13,18H2,(H,19,20). The Bertz CT molecular complexity index is 465. The Kier molecular flexibility index (Phi) is 5.76. The molecule has 2 rings (SSSR count). The SMILES string of the molecule is NC1(COCc2ccccc2CC(=O)O)CCCCCC1. The minimum absolute atomic E-state index is 0.0350. The zero-order valence-electron chi connectivity index (χ0n) is 12.5. The highest BCUT2D eigenvalue weighted by atomic mass is 16.5. The second-order valence-corrected chi connectivity index (χ2v) is 6.11. The van der Waals surface area contributed by atoms with Crippen LogP contribution in [-0.4, -0.2) is 23.2 Å². The maximum atomic E-state index is 10.9. The molecule has 21 heavy (non-hydrogen) atoms. The van der Waals surface area contributed by atoms with Crippen molar-refractivity contribution < 1.29 is 14.6 Å². The Hall–Kier alpha value is -1.39. The summed E-state index contributed by atoms with van der Waals surface area (Å²) in [5.74, 6) is -0.818. The molecule has 1 aromatic rings. The average molecular weight is 291 g/mol. The van der Waals surface area contributed by atoms with Crippen molar-refractivity contribution >= 4 is 5.97 Å². The van der Waals surface area contributed by atoms with Gasteiger partial charge in [-0.2, -0.15) is 0 Å². The molecule has 0 aliphatic heterocycles. The minimum atomic E-state index is -0.818. The maximum Gasteiger partial charge on any atom is 0.307 e. The summed E-state index contributed by atoms with van der Waals surface area (Å²) in [5.41, 5.74) is 7.97. The van der Waals surface area contributed by atoms with Gasteiger partial charge in [0, 0.05) is 5.54 Å². The van der Waals surface area contributed by atoms with Gasteiger partial charge in [-0.3, -0.25) is 4.79 Å². The van der Waals surface area contributed by atoms with Gasteiger partial charge in [-0.25, -0.2) is 0 Å². The number of aliphatic carboxylic acids is 1. The van der Waals surface area contributed by atoms with Gasteiger partial charge in [0.15, 0.2) is 0 Å². The smallest absolute Gasteiger partial charge is 0.307 e. The van der Waals surface area contributed by atoms with Gasteiger partial charge in [-0.15, -0.1) is 0 Å². The van der Waals surface area contributed by atoms with E-state index >= 15 is 0 Å². The van der Waals surface area contributed by atoms with E-state index < -0.39 is 5.97 Å².